The van der Waals surface area contributed by atoms with E-state index in [1.165, 1.54) is 5.56 Å². The number of fused-ring (bicyclic) bond motifs is 1. The second-order valence-corrected chi connectivity index (χ2v) is 10.7. The number of amides is 1. The first-order valence-electron chi connectivity index (χ1n) is 13.6. The highest BCUT2D eigenvalue weighted by Gasteiger charge is 2.25. The van der Waals surface area contributed by atoms with Gasteiger partial charge in [-0.25, -0.2) is 14.6 Å². The molecular formula is C32H31ClN6O. The molecule has 3 heterocycles. The van der Waals surface area contributed by atoms with Crippen molar-refractivity contribution in [3.63, 3.8) is 0 Å². The second kappa shape index (κ2) is 11.1. The van der Waals surface area contributed by atoms with E-state index in [-0.39, 0.29) is 5.91 Å². The smallest absolute Gasteiger partial charge is 0.253 e. The van der Waals surface area contributed by atoms with Crippen LogP contribution in [0.1, 0.15) is 39.4 Å². The third-order valence-electron chi connectivity index (χ3n) is 7.39. The number of aromatic nitrogens is 4. The number of hydrogen-bond acceptors (Lipinski definition) is 5. The SMILES string of the molecule is Cc1ccc(Cc2nc(N3CCCN(C(=O)c4ccc(Cl)cc4)CC3)c3c(C)nn(-c4ccccc4)c3n2)cc1. The lowest BCUT2D eigenvalue weighted by molar-refractivity contribution is 0.0767. The Hall–Kier alpha value is -4.23. The first kappa shape index (κ1) is 26.0. The van der Waals surface area contributed by atoms with Crippen LogP contribution in [-0.2, 0) is 6.42 Å². The molecule has 0 bridgehead atoms. The maximum Gasteiger partial charge on any atom is 0.253 e. The Morgan fingerprint density at radius 1 is 0.850 bits per heavy atom. The van der Waals surface area contributed by atoms with Crippen molar-refractivity contribution in [3.05, 3.63) is 112 Å². The van der Waals surface area contributed by atoms with Crippen molar-refractivity contribution in [3.8, 4) is 5.69 Å². The number of benzene rings is 3. The van der Waals surface area contributed by atoms with Gasteiger partial charge in [0.05, 0.1) is 16.8 Å². The van der Waals surface area contributed by atoms with Crippen molar-refractivity contribution in [2.24, 2.45) is 0 Å². The predicted octanol–water partition coefficient (Wildman–Crippen LogP) is 6.03. The second-order valence-electron chi connectivity index (χ2n) is 10.3. The van der Waals surface area contributed by atoms with Crippen LogP contribution in [0.2, 0.25) is 5.02 Å². The quantitative estimate of drug-likeness (QED) is 0.267. The molecular weight excluding hydrogens is 520 g/mol. The number of nitrogens with zero attached hydrogens (tertiary/aromatic N) is 6. The highest BCUT2D eigenvalue weighted by molar-refractivity contribution is 6.30. The van der Waals surface area contributed by atoms with Crippen molar-refractivity contribution in [1.82, 2.24) is 24.6 Å². The highest BCUT2D eigenvalue weighted by atomic mass is 35.5. The highest BCUT2D eigenvalue weighted by Crippen LogP contribution is 2.30. The summed E-state index contributed by atoms with van der Waals surface area (Å²) in [6.45, 7) is 6.85. The Morgan fingerprint density at radius 3 is 2.35 bits per heavy atom. The molecule has 3 aromatic carbocycles. The summed E-state index contributed by atoms with van der Waals surface area (Å²) in [5.74, 6) is 1.66. The van der Waals surface area contributed by atoms with E-state index in [0.717, 1.165) is 52.6 Å². The van der Waals surface area contributed by atoms with Gasteiger partial charge in [-0.1, -0.05) is 59.6 Å². The normalized spacial score (nSPS) is 14.0. The lowest BCUT2D eigenvalue weighted by atomic mass is 10.1. The molecule has 1 aliphatic heterocycles. The molecule has 1 aliphatic rings. The van der Waals surface area contributed by atoms with Crippen molar-refractivity contribution in [2.75, 3.05) is 31.1 Å². The molecule has 0 spiro atoms. The van der Waals surface area contributed by atoms with Crippen LogP contribution in [0.4, 0.5) is 5.82 Å². The molecule has 6 rings (SSSR count). The minimum absolute atomic E-state index is 0.0273. The standard InChI is InChI=1S/C32H31ClN6O/c1-22-9-11-24(12-10-22)21-28-34-30(29-23(2)36-39(31(29)35-28)27-7-4-3-5-8-27)37-17-6-18-38(20-19-37)32(40)25-13-15-26(33)16-14-25/h3-5,7-16H,6,17-21H2,1-2H3. The monoisotopic (exact) mass is 550 g/mol. The van der Waals surface area contributed by atoms with Gasteiger partial charge < -0.3 is 9.80 Å². The van der Waals surface area contributed by atoms with Crippen LogP contribution >= 0.6 is 11.6 Å². The van der Waals surface area contributed by atoms with Crippen LogP contribution in [0.25, 0.3) is 16.7 Å². The fraction of sp³-hybridized carbons (Fsp3) is 0.250. The van der Waals surface area contributed by atoms with Gasteiger partial charge in [0.15, 0.2) is 5.65 Å². The van der Waals surface area contributed by atoms with Crippen molar-refractivity contribution in [2.45, 2.75) is 26.7 Å². The molecule has 2 aromatic heterocycles. The van der Waals surface area contributed by atoms with Crippen LogP contribution < -0.4 is 4.90 Å². The summed E-state index contributed by atoms with van der Waals surface area (Å²) in [6.07, 6.45) is 1.46. The Bertz CT molecular complexity index is 1650. The molecule has 202 valence electrons. The maximum absolute atomic E-state index is 13.2. The first-order chi connectivity index (χ1) is 19.5. The zero-order valence-electron chi connectivity index (χ0n) is 22.7. The van der Waals surface area contributed by atoms with Gasteiger partial charge in [-0.15, -0.1) is 0 Å². The summed E-state index contributed by atoms with van der Waals surface area (Å²) in [6, 6.07) is 25.7. The van der Waals surface area contributed by atoms with E-state index in [1.54, 1.807) is 24.3 Å². The minimum Gasteiger partial charge on any atom is -0.354 e. The maximum atomic E-state index is 13.2. The summed E-state index contributed by atoms with van der Waals surface area (Å²) < 4.78 is 1.92. The van der Waals surface area contributed by atoms with E-state index in [2.05, 4.69) is 36.1 Å². The largest absolute Gasteiger partial charge is 0.354 e. The lowest BCUT2D eigenvalue weighted by Gasteiger charge is -2.24. The zero-order valence-corrected chi connectivity index (χ0v) is 23.5. The van der Waals surface area contributed by atoms with Crippen LogP contribution in [-0.4, -0.2) is 56.7 Å². The van der Waals surface area contributed by atoms with E-state index in [0.29, 0.717) is 36.6 Å². The summed E-state index contributed by atoms with van der Waals surface area (Å²) in [4.78, 5) is 27.6. The molecule has 1 fully saturated rings. The molecule has 0 saturated carbocycles. The van der Waals surface area contributed by atoms with Crippen LogP contribution in [0, 0.1) is 13.8 Å². The molecule has 8 heteroatoms. The first-order valence-corrected chi connectivity index (χ1v) is 14.0. The Kier molecular flexibility index (Phi) is 7.22. The summed E-state index contributed by atoms with van der Waals surface area (Å²) in [5, 5.41) is 6.48. The number of carbonyl (C=O) groups is 1. The molecule has 5 aromatic rings. The molecule has 0 aliphatic carbocycles. The van der Waals surface area contributed by atoms with E-state index in [4.69, 9.17) is 26.7 Å². The summed E-state index contributed by atoms with van der Waals surface area (Å²) >= 11 is 6.04. The van der Waals surface area contributed by atoms with E-state index in [9.17, 15) is 4.79 Å². The number of anilines is 1. The summed E-state index contributed by atoms with van der Waals surface area (Å²) in [7, 11) is 0. The Labute approximate surface area is 239 Å². The minimum atomic E-state index is 0.0273. The predicted molar refractivity (Wildman–Crippen MR) is 160 cm³/mol. The van der Waals surface area contributed by atoms with E-state index in [1.807, 2.05) is 46.8 Å². The van der Waals surface area contributed by atoms with Crippen LogP contribution in [0.5, 0.6) is 0 Å². The van der Waals surface area contributed by atoms with Crippen molar-refractivity contribution >= 4 is 34.4 Å². The van der Waals surface area contributed by atoms with Crippen LogP contribution in [0.3, 0.4) is 0 Å². The molecule has 0 N–H and O–H groups in total. The van der Waals surface area contributed by atoms with Gasteiger partial charge in [-0.2, -0.15) is 5.10 Å². The van der Waals surface area contributed by atoms with Gasteiger partial charge in [-0.05, 0) is 62.2 Å². The fourth-order valence-corrected chi connectivity index (χ4v) is 5.38. The average Bonchev–Trinajstić information content (AvgIpc) is 3.13. The Balaban J connectivity index is 1.37. The third kappa shape index (κ3) is 5.29. The van der Waals surface area contributed by atoms with Gasteiger partial charge in [0.1, 0.15) is 11.6 Å². The number of rotatable bonds is 5. The molecule has 0 unspecified atom stereocenters. The lowest BCUT2D eigenvalue weighted by Crippen LogP contribution is -2.35. The average molecular weight is 551 g/mol. The van der Waals surface area contributed by atoms with E-state index < -0.39 is 0 Å². The molecule has 40 heavy (non-hydrogen) atoms. The van der Waals surface area contributed by atoms with Crippen molar-refractivity contribution < 1.29 is 4.79 Å². The zero-order chi connectivity index (χ0) is 27.6. The Morgan fingerprint density at radius 2 is 1.60 bits per heavy atom. The van der Waals surface area contributed by atoms with Gasteiger partial charge in [-0.3, -0.25) is 4.79 Å². The van der Waals surface area contributed by atoms with Gasteiger partial charge in [0, 0.05) is 43.2 Å². The molecule has 1 amide bonds. The third-order valence-corrected chi connectivity index (χ3v) is 7.64. The van der Waals surface area contributed by atoms with Gasteiger partial charge in [0.2, 0.25) is 0 Å². The van der Waals surface area contributed by atoms with Crippen LogP contribution in [0.15, 0.2) is 78.9 Å². The van der Waals surface area contributed by atoms with Gasteiger partial charge >= 0.3 is 0 Å². The fourth-order valence-electron chi connectivity index (χ4n) is 5.26. The number of carbonyl (C=O) groups excluding carboxylic acids is 1. The molecule has 0 atom stereocenters. The summed E-state index contributed by atoms with van der Waals surface area (Å²) in [5.41, 5.74) is 5.68. The number of halogens is 1. The topological polar surface area (TPSA) is 67.2 Å². The molecule has 0 radical (unpaired) electrons. The van der Waals surface area contributed by atoms with Gasteiger partial charge in [0.25, 0.3) is 5.91 Å². The molecule has 7 nitrogen and oxygen atoms in total. The number of para-hydroxylation sites is 1. The molecule has 1 saturated heterocycles. The number of hydrogen-bond donors (Lipinski definition) is 0. The van der Waals surface area contributed by atoms with E-state index >= 15 is 0 Å². The van der Waals surface area contributed by atoms with Crippen molar-refractivity contribution in [1.29, 1.82) is 0 Å². The number of aryl methyl sites for hydroxylation is 2.